The van der Waals surface area contributed by atoms with Crippen LogP contribution in [0.1, 0.15) is 57.7 Å². The summed E-state index contributed by atoms with van der Waals surface area (Å²) in [6, 6.07) is 2.56. The first-order valence-corrected chi connectivity index (χ1v) is 8.08. The van der Waals surface area contributed by atoms with E-state index in [1.165, 1.54) is 37.8 Å². The van der Waals surface area contributed by atoms with E-state index < -0.39 is 0 Å². The predicted octanol–water partition coefficient (Wildman–Crippen LogP) is 2.82. The van der Waals surface area contributed by atoms with Gasteiger partial charge in [-0.3, -0.25) is 4.68 Å². The molecule has 4 heteroatoms. The van der Waals surface area contributed by atoms with Crippen LogP contribution in [0.15, 0.2) is 12.3 Å². The molecular weight excluding hydrogens is 248 g/mol. The SMILES string of the molecule is CCNC(c1ccnn1CC)C1(N(C)C)CCCCC1. The molecule has 1 heterocycles. The molecule has 1 fully saturated rings. The standard InChI is InChI=1S/C16H30N4/c1-5-17-15(14-10-13-18-20(14)6-2)16(19(3)4)11-8-7-9-12-16/h10,13,15,17H,5-9,11-12H2,1-4H3. The van der Waals surface area contributed by atoms with Crippen LogP contribution in [0, 0.1) is 0 Å². The van der Waals surface area contributed by atoms with Gasteiger partial charge in [0.05, 0.1) is 11.7 Å². The van der Waals surface area contributed by atoms with Gasteiger partial charge in [0, 0.05) is 18.3 Å². The van der Waals surface area contributed by atoms with Gasteiger partial charge in [0.2, 0.25) is 0 Å². The average molecular weight is 278 g/mol. The third-order valence-electron chi connectivity index (χ3n) is 4.90. The van der Waals surface area contributed by atoms with Gasteiger partial charge >= 0.3 is 0 Å². The van der Waals surface area contributed by atoms with E-state index in [1.807, 2.05) is 6.20 Å². The highest BCUT2D eigenvalue weighted by Gasteiger charge is 2.43. The highest BCUT2D eigenvalue weighted by Crippen LogP contribution is 2.41. The number of nitrogens with one attached hydrogen (secondary N) is 1. The van der Waals surface area contributed by atoms with Crippen molar-refractivity contribution in [2.45, 2.75) is 64.1 Å². The van der Waals surface area contributed by atoms with Gasteiger partial charge in [-0.2, -0.15) is 5.10 Å². The summed E-state index contributed by atoms with van der Waals surface area (Å²) in [6.45, 7) is 6.30. The van der Waals surface area contributed by atoms with Gasteiger partial charge in [-0.1, -0.05) is 26.2 Å². The molecule has 20 heavy (non-hydrogen) atoms. The highest BCUT2D eigenvalue weighted by molar-refractivity contribution is 5.16. The van der Waals surface area contributed by atoms with E-state index in [0.717, 1.165) is 13.1 Å². The van der Waals surface area contributed by atoms with Crippen molar-refractivity contribution in [2.75, 3.05) is 20.6 Å². The molecule has 4 nitrogen and oxygen atoms in total. The Balaban J connectivity index is 2.39. The predicted molar refractivity (Wildman–Crippen MR) is 83.8 cm³/mol. The van der Waals surface area contributed by atoms with E-state index >= 15 is 0 Å². The molecule has 1 aliphatic carbocycles. The first kappa shape index (κ1) is 15.5. The molecule has 1 saturated carbocycles. The Labute approximate surface area is 123 Å². The molecule has 114 valence electrons. The van der Waals surface area contributed by atoms with Gasteiger partial charge in [-0.15, -0.1) is 0 Å². The van der Waals surface area contributed by atoms with Gasteiger partial charge in [-0.05, 0) is 46.5 Å². The Hall–Kier alpha value is -0.870. The van der Waals surface area contributed by atoms with Crippen molar-refractivity contribution in [3.63, 3.8) is 0 Å². The fourth-order valence-corrected chi connectivity index (χ4v) is 3.78. The van der Waals surface area contributed by atoms with Crippen molar-refractivity contribution in [2.24, 2.45) is 0 Å². The van der Waals surface area contributed by atoms with Crippen LogP contribution in [0.3, 0.4) is 0 Å². The maximum atomic E-state index is 4.48. The van der Waals surface area contributed by atoms with Gasteiger partial charge in [-0.25, -0.2) is 0 Å². The van der Waals surface area contributed by atoms with E-state index in [0.29, 0.717) is 6.04 Å². The number of rotatable bonds is 6. The zero-order valence-electron chi connectivity index (χ0n) is 13.5. The minimum absolute atomic E-state index is 0.223. The van der Waals surface area contributed by atoms with Crippen LogP contribution in [-0.4, -0.2) is 40.9 Å². The first-order chi connectivity index (χ1) is 9.65. The molecule has 1 unspecified atom stereocenters. The van der Waals surface area contributed by atoms with Crippen LogP contribution in [0.25, 0.3) is 0 Å². The fourth-order valence-electron chi connectivity index (χ4n) is 3.78. The summed E-state index contributed by atoms with van der Waals surface area (Å²) >= 11 is 0. The summed E-state index contributed by atoms with van der Waals surface area (Å²) in [5.74, 6) is 0. The lowest BCUT2D eigenvalue weighted by Gasteiger charge is -2.48. The zero-order chi connectivity index (χ0) is 14.6. The largest absolute Gasteiger partial charge is 0.307 e. The molecule has 1 aromatic rings. The van der Waals surface area contributed by atoms with Crippen LogP contribution in [0.2, 0.25) is 0 Å². The van der Waals surface area contributed by atoms with Gasteiger partial charge < -0.3 is 10.2 Å². The van der Waals surface area contributed by atoms with Crippen LogP contribution in [0.4, 0.5) is 0 Å². The summed E-state index contributed by atoms with van der Waals surface area (Å²) in [5.41, 5.74) is 1.56. The van der Waals surface area contributed by atoms with E-state index in [9.17, 15) is 0 Å². The number of nitrogens with zero attached hydrogens (tertiary/aromatic N) is 3. The Morgan fingerprint density at radius 3 is 2.55 bits per heavy atom. The molecular formula is C16H30N4. The number of aryl methyl sites for hydroxylation is 1. The van der Waals surface area contributed by atoms with Crippen LogP contribution >= 0.6 is 0 Å². The van der Waals surface area contributed by atoms with E-state index in [1.54, 1.807) is 0 Å². The summed E-state index contributed by atoms with van der Waals surface area (Å²) in [5, 5.41) is 8.23. The van der Waals surface area contributed by atoms with E-state index in [-0.39, 0.29) is 5.54 Å². The molecule has 0 aromatic carbocycles. The number of hydrogen-bond donors (Lipinski definition) is 1. The quantitative estimate of drug-likeness (QED) is 0.868. The van der Waals surface area contributed by atoms with Crippen molar-refractivity contribution in [1.29, 1.82) is 0 Å². The first-order valence-electron chi connectivity index (χ1n) is 8.08. The molecule has 2 rings (SSSR count). The van der Waals surface area contributed by atoms with Crippen molar-refractivity contribution in [3.8, 4) is 0 Å². The van der Waals surface area contributed by atoms with Crippen LogP contribution in [-0.2, 0) is 6.54 Å². The van der Waals surface area contributed by atoms with Gasteiger partial charge in [0.25, 0.3) is 0 Å². The number of hydrogen-bond acceptors (Lipinski definition) is 3. The fraction of sp³-hybridized carbons (Fsp3) is 0.812. The van der Waals surface area contributed by atoms with Crippen LogP contribution in [0.5, 0.6) is 0 Å². The smallest absolute Gasteiger partial charge is 0.0678 e. The number of aromatic nitrogens is 2. The molecule has 0 bridgehead atoms. The summed E-state index contributed by atoms with van der Waals surface area (Å²) in [6.07, 6.45) is 8.52. The second kappa shape index (κ2) is 6.72. The van der Waals surface area contributed by atoms with Crippen molar-refractivity contribution >= 4 is 0 Å². The van der Waals surface area contributed by atoms with Crippen molar-refractivity contribution in [1.82, 2.24) is 20.0 Å². The lowest BCUT2D eigenvalue weighted by Crippen LogP contribution is -2.55. The topological polar surface area (TPSA) is 33.1 Å². The molecule has 0 amide bonds. The third kappa shape index (κ3) is 2.77. The Morgan fingerprint density at radius 1 is 1.30 bits per heavy atom. The Bertz CT molecular complexity index is 404. The molecule has 1 atom stereocenters. The lowest BCUT2D eigenvalue weighted by molar-refractivity contribution is 0.0536. The Morgan fingerprint density at radius 2 is 2.00 bits per heavy atom. The second-order valence-electron chi connectivity index (χ2n) is 6.12. The normalized spacial score (nSPS) is 20.2. The zero-order valence-corrected chi connectivity index (χ0v) is 13.5. The lowest BCUT2D eigenvalue weighted by atomic mass is 9.74. The molecule has 0 saturated heterocycles. The summed E-state index contributed by atoms with van der Waals surface area (Å²) < 4.78 is 2.15. The third-order valence-corrected chi connectivity index (χ3v) is 4.90. The highest BCUT2D eigenvalue weighted by atomic mass is 15.3. The summed E-state index contributed by atoms with van der Waals surface area (Å²) in [7, 11) is 4.48. The van der Waals surface area contributed by atoms with Crippen LogP contribution < -0.4 is 5.32 Å². The van der Waals surface area contributed by atoms with Crippen molar-refractivity contribution in [3.05, 3.63) is 18.0 Å². The molecule has 1 aliphatic rings. The maximum absolute atomic E-state index is 4.48. The van der Waals surface area contributed by atoms with E-state index in [2.05, 4.69) is 54.0 Å². The molecule has 0 spiro atoms. The van der Waals surface area contributed by atoms with Gasteiger partial charge in [0.15, 0.2) is 0 Å². The number of likely N-dealkylation sites (N-methyl/N-ethyl adjacent to an activating group) is 2. The minimum atomic E-state index is 0.223. The minimum Gasteiger partial charge on any atom is -0.307 e. The Kier molecular flexibility index (Phi) is 5.22. The van der Waals surface area contributed by atoms with Crippen molar-refractivity contribution < 1.29 is 0 Å². The monoisotopic (exact) mass is 278 g/mol. The maximum Gasteiger partial charge on any atom is 0.0678 e. The second-order valence-corrected chi connectivity index (χ2v) is 6.12. The van der Waals surface area contributed by atoms with E-state index in [4.69, 9.17) is 0 Å². The summed E-state index contributed by atoms with van der Waals surface area (Å²) in [4.78, 5) is 2.45. The molecule has 0 aliphatic heterocycles. The molecule has 1 N–H and O–H groups in total. The molecule has 0 radical (unpaired) electrons. The average Bonchev–Trinajstić information content (AvgIpc) is 2.93. The molecule has 1 aromatic heterocycles. The van der Waals surface area contributed by atoms with Gasteiger partial charge in [0.1, 0.15) is 0 Å².